The van der Waals surface area contributed by atoms with Gasteiger partial charge in [0.25, 0.3) is 0 Å². The molecule has 0 aliphatic rings. The number of nitrogens with one attached hydrogen (secondary N) is 1. The van der Waals surface area contributed by atoms with Gasteiger partial charge in [0.15, 0.2) is 0 Å². The van der Waals surface area contributed by atoms with Crippen LogP contribution in [0.3, 0.4) is 0 Å². The lowest BCUT2D eigenvalue weighted by atomic mass is 9.95. The van der Waals surface area contributed by atoms with Crippen molar-refractivity contribution in [1.29, 1.82) is 0 Å². The first-order valence-electron chi connectivity index (χ1n) is 6.42. The van der Waals surface area contributed by atoms with Crippen LogP contribution in [0.4, 0.5) is 0 Å². The monoisotopic (exact) mass is 257 g/mol. The van der Waals surface area contributed by atoms with E-state index >= 15 is 0 Å². The van der Waals surface area contributed by atoms with Crippen LogP contribution >= 0.6 is 11.6 Å². The van der Waals surface area contributed by atoms with Crippen LogP contribution in [-0.4, -0.2) is 15.3 Å². The summed E-state index contributed by atoms with van der Waals surface area (Å²) in [7, 11) is 1.96. The zero-order chi connectivity index (χ0) is 13.1. The highest BCUT2D eigenvalue weighted by Gasteiger charge is 2.20. The Morgan fingerprint density at radius 1 is 1.29 bits per heavy atom. The predicted molar refractivity (Wildman–Crippen MR) is 73.4 cm³/mol. The van der Waals surface area contributed by atoms with Gasteiger partial charge in [-0.3, -0.25) is 4.68 Å². The van der Waals surface area contributed by atoms with Crippen molar-refractivity contribution >= 4 is 11.6 Å². The fraction of sp³-hybridized carbons (Fsp3) is 0.769. The molecule has 0 aromatic carbocycles. The topological polar surface area (TPSA) is 29.9 Å². The molecule has 0 spiro atoms. The van der Waals surface area contributed by atoms with Gasteiger partial charge < -0.3 is 5.32 Å². The Morgan fingerprint density at radius 3 is 2.29 bits per heavy atom. The normalized spacial score (nSPS) is 12.1. The Hall–Kier alpha value is -0.540. The number of halogens is 1. The fourth-order valence-corrected chi connectivity index (χ4v) is 2.17. The molecule has 0 unspecified atom stereocenters. The van der Waals surface area contributed by atoms with E-state index in [1.807, 2.05) is 11.7 Å². The van der Waals surface area contributed by atoms with E-state index in [2.05, 4.69) is 38.1 Å². The van der Waals surface area contributed by atoms with Gasteiger partial charge in [0.05, 0.1) is 16.4 Å². The minimum atomic E-state index is 0.181. The Bertz CT molecular complexity index is 367. The van der Waals surface area contributed by atoms with Crippen LogP contribution in [0.25, 0.3) is 0 Å². The largest absolute Gasteiger partial charge is 0.306 e. The van der Waals surface area contributed by atoms with Gasteiger partial charge in [-0.05, 0) is 26.2 Å². The van der Waals surface area contributed by atoms with E-state index in [4.69, 9.17) is 11.6 Å². The van der Waals surface area contributed by atoms with E-state index < -0.39 is 0 Å². The van der Waals surface area contributed by atoms with Crippen LogP contribution in [0, 0.1) is 0 Å². The molecule has 1 aromatic rings. The van der Waals surface area contributed by atoms with E-state index in [-0.39, 0.29) is 5.54 Å². The van der Waals surface area contributed by atoms with Crippen LogP contribution in [0.2, 0.25) is 5.02 Å². The highest BCUT2D eigenvalue weighted by Crippen LogP contribution is 2.22. The molecule has 0 saturated carbocycles. The van der Waals surface area contributed by atoms with Crippen molar-refractivity contribution in [3.05, 3.63) is 16.4 Å². The minimum absolute atomic E-state index is 0.181. The lowest BCUT2D eigenvalue weighted by Gasteiger charge is -2.28. The third-order valence-electron chi connectivity index (χ3n) is 3.75. The summed E-state index contributed by atoms with van der Waals surface area (Å²) in [6.07, 6.45) is 3.10. The molecule has 0 radical (unpaired) electrons. The highest BCUT2D eigenvalue weighted by atomic mass is 35.5. The summed E-state index contributed by atoms with van der Waals surface area (Å²) in [6.45, 7) is 9.52. The van der Waals surface area contributed by atoms with Gasteiger partial charge in [-0.2, -0.15) is 5.10 Å². The maximum absolute atomic E-state index is 6.32. The molecule has 0 aliphatic heterocycles. The summed E-state index contributed by atoms with van der Waals surface area (Å²) < 4.78 is 1.89. The molecule has 0 amide bonds. The number of aryl methyl sites for hydroxylation is 2. The smallest absolute Gasteiger partial charge is 0.0863 e. The first kappa shape index (κ1) is 14.5. The summed E-state index contributed by atoms with van der Waals surface area (Å²) in [6, 6.07) is 0. The van der Waals surface area contributed by atoms with Crippen molar-refractivity contribution in [2.24, 2.45) is 7.05 Å². The molecular formula is C13H24ClN3. The number of rotatable bonds is 6. The second-order valence-electron chi connectivity index (χ2n) is 4.81. The molecule has 0 bridgehead atoms. The van der Waals surface area contributed by atoms with E-state index in [1.165, 1.54) is 0 Å². The molecular weight excluding hydrogens is 234 g/mol. The lowest BCUT2D eigenvalue weighted by Crippen LogP contribution is -2.40. The summed E-state index contributed by atoms with van der Waals surface area (Å²) >= 11 is 6.32. The third kappa shape index (κ3) is 3.23. The maximum atomic E-state index is 6.32. The average Bonchev–Trinajstić information content (AvgIpc) is 2.61. The van der Waals surface area contributed by atoms with Crippen molar-refractivity contribution in [3.8, 4) is 0 Å². The molecule has 3 nitrogen and oxygen atoms in total. The standard InChI is InChI=1S/C13H24ClN3/c1-6-10-12(14)11(17(5)16-10)9-15-13(4,7-2)8-3/h15H,6-9H2,1-5H3. The van der Waals surface area contributed by atoms with Gasteiger partial charge in [-0.1, -0.05) is 32.4 Å². The van der Waals surface area contributed by atoms with Crippen LogP contribution in [0.1, 0.15) is 51.9 Å². The van der Waals surface area contributed by atoms with Crippen molar-refractivity contribution in [2.75, 3.05) is 0 Å². The Morgan fingerprint density at radius 2 is 1.88 bits per heavy atom. The van der Waals surface area contributed by atoms with Gasteiger partial charge in [0.1, 0.15) is 0 Å². The van der Waals surface area contributed by atoms with E-state index in [0.717, 1.165) is 42.2 Å². The van der Waals surface area contributed by atoms with E-state index in [1.54, 1.807) is 0 Å². The first-order valence-corrected chi connectivity index (χ1v) is 6.80. The molecule has 0 aliphatic carbocycles. The van der Waals surface area contributed by atoms with E-state index in [0.29, 0.717) is 0 Å². The van der Waals surface area contributed by atoms with Gasteiger partial charge in [-0.15, -0.1) is 0 Å². The number of nitrogens with zero attached hydrogens (tertiary/aromatic N) is 2. The summed E-state index contributed by atoms with van der Waals surface area (Å²) in [5.74, 6) is 0. The molecule has 0 atom stereocenters. The Labute approximate surface area is 110 Å². The maximum Gasteiger partial charge on any atom is 0.0863 e. The average molecular weight is 258 g/mol. The first-order chi connectivity index (χ1) is 7.97. The van der Waals surface area contributed by atoms with Crippen molar-refractivity contribution < 1.29 is 0 Å². The zero-order valence-electron chi connectivity index (χ0n) is 11.6. The zero-order valence-corrected chi connectivity index (χ0v) is 12.4. The molecule has 1 rings (SSSR count). The highest BCUT2D eigenvalue weighted by molar-refractivity contribution is 6.31. The lowest BCUT2D eigenvalue weighted by molar-refractivity contribution is 0.325. The molecule has 17 heavy (non-hydrogen) atoms. The molecule has 1 N–H and O–H groups in total. The van der Waals surface area contributed by atoms with Crippen LogP contribution in [-0.2, 0) is 20.0 Å². The number of aromatic nitrogens is 2. The van der Waals surface area contributed by atoms with E-state index in [9.17, 15) is 0 Å². The minimum Gasteiger partial charge on any atom is -0.306 e. The summed E-state index contributed by atoms with van der Waals surface area (Å²) in [4.78, 5) is 0. The Balaban J connectivity index is 2.79. The molecule has 1 heterocycles. The van der Waals surface area contributed by atoms with Crippen molar-refractivity contribution in [2.45, 2.75) is 59.0 Å². The SMILES string of the molecule is CCc1nn(C)c(CNC(C)(CC)CC)c1Cl. The van der Waals surface area contributed by atoms with Crippen molar-refractivity contribution in [1.82, 2.24) is 15.1 Å². The van der Waals surface area contributed by atoms with Crippen molar-refractivity contribution in [3.63, 3.8) is 0 Å². The van der Waals surface area contributed by atoms with Gasteiger partial charge in [-0.25, -0.2) is 0 Å². The van der Waals surface area contributed by atoms with Gasteiger partial charge in [0, 0.05) is 19.1 Å². The second-order valence-corrected chi connectivity index (χ2v) is 5.18. The molecule has 1 aromatic heterocycles. The molecule has 0 saturated heterocycles. The molecule has 98 valence electrons. The quantitative estimate of drug-likeness (QED) is 0.848. The predicted octanol–water partition coefficient (Wildman–Crippen LogP) is 3.30. The number of hydrogen-bond donors (Lipinski definition) is 1. The summed E-state index contributed by atoms with van der Waals surface area (Å²) in [5.41, 5.74) is 2.25. The molecule has 4 heteroatoms. The second kappa shape index (κ2) is 5.87. The van der Waals surface area contributed by atoms with Crippen LogP contribution in [0.5, 0.6) is 0 Å². The van der Waals surface area contributed by atoms with Crippen LogP contribution < -0.4 is 5.32 Å². The number of hydrogen-bond acceptors (Lipinski definition) is 2. The third-order valence-corrected chi connectivity index (χ3v) is 4.18. The molecule has 0 fully saturated rings. The van der Waals surface area contributed by atoms with Gasteiger partial charge >= 0.3 is 0 Å². The fourth-order valence-electron chi connectivity index (χ4n) is 1.81. The van der Waals surface area contributed by atoms with Gasteiger partial charge in [0.2, 0.25) is 0 Å². The summed E-state index contributed by atoms with van der Waals surface area (Å²) in [5, 5.41) is 8.83. The Kier molecular flexibility index (Phi) is 5.02. The van der Waals surface area contributed by atoms with Crippen LogP contribution in [0.15, 0.2) is 0 Å².